The van der Waals surface area contributed by atoms with Crippen molar-refractivity contribution in [1.82, 2.24) is 9.97 Å². The van der Waals surface area contributed by atoms with Gasteiger partial charge in [0.15, 0.2) is 0 Å². The molecular formula is C20H9BrN8S. The van der Waals surface area contributed by atoms with Crippen molar-refractivity contribution >= 4 is 45.1 Å². The minimum Gasteiger partial charge on any atom is -0.383 e. The van der Waals surface area contributed by atoms with E-state index in [1.54, 1.807) is 24.3 Å². The highest BCUT2D eigenvalue weighted by atomic mass is 79.9. The molecule has 0 aliphatic carbocycles. The van der Waals surface area contributed by atoms with Crippen molar-refractivity contribution in [2.45, 2.75) is 9.92 Å². The lowest BCUT2D eigenvalue weighted by atomic mass is 10.1. The predicted molar refractivity (Wildman–Crippen MR) is 113 cm³/mol. The standard InChI is InChI=1S/C20H9BrN8S/c21-16-18(26)28-20(27-15-3-1-11(7-22)2-4-15)29-19(16)30-17-13(9-24)5-12(8-23)6-14(17)10-25/h1-6H,(H3,26,27,28,29). The van der Waals surface area contributed by atoms with Crippen LogP contribution >= 0.6 is 27.7 Å². The summed E-state index contributed by atoms with van der Waals surface area (Å²) in [5.74, 6) is 0.364. The minimum atomic E-state index is 0.161. The molecule has 3 N–H and O–H groups in total. The van der Waals surface area contributed by atoms with Gasteiger partial charge in [0.1, 0.15) is 23.0 Å². The van der Waals surface area contributed by atoms with Crippen LogP contribution in [0.5, 0.6) is 0 Å². The monoisotopic (exact) mass is 472 g/mol. The van der Waals surface area contributed by atoms with Gasteiger partial charge in [-0.3, -0.25) is 0 Å². The highest BCUT2D eigenvalue weighted by Crippen LogP contribution is 2.39. The van der Waals surface area contributed by atoms with E-state index in [-0.39, 0.29) is 28.5 Å². The minimum absolute atomic E-state index is 0.161. The Labute approximate surface area is 184 Å². The van der Waals surface area contributed by atoms with Gasteiger partial charge >= 0.3 is 0 Å². The van der Waals surface area contributed by atoms with Crippen LogP contribution in [0.25, 0.3) is 0 Å². The molecule has 0 atom stereocenters. The van der Waals surface area contributed by atoms with Crippen molar-refractivity contribution in [1.29, 1.82) is 21.0 Å². The Bertz CT molecular complexity index is 1270. The van der Waals surface area contributed by atoms with Crippen molar-refractivity contribution in [3.05, 3.63) is 63.1 Å². The predicted octanol–water partition coefficient (Wildman–Crippen LogP) is 4.20. The van der Waals surface area contributed by atoms with Crippen LogP contribution in [-0.4, -0.2) is 9.97 Å². The normalized spacial score (nSPS) is 9.63. The molecule has 0 bridgehead atoms. The van der Waals surface area contributed by atoms with Gasteiger partial charge in [0.05, 0.1) is 38.9 Å². The Morgan fingerprint density at radius 3 is 2.00 bits per heavy atom. The summed E-state index contributed by atoms with van der Waals surface area (Å²) in [5, 5.41) is 40.3. The first-order valence-electron chi connectivity index (χ1n) is 8.15. The van der Waals surface area contributed by atoms with Crippen LogP contribution in [0.2, 0.25) is 0 Å². The van der Waals surface area contributed by atoms with Gasteiger partial charge in [-0.15, -0.1) is 0 Å². The molecule has 0 radical (unpaired) electrons. The molecule has 8 nitrogen and oxygen atoms in total. The van der Waals surface area contributed by atoms with Crippen LogP contribution in [-0.2, 0) is 0 Å². The topological polar surface area (TPSA) is 159 Å². The SMILES string of the molecule is N#Cc1ccc(Nc2nc(N)c(Br)c(Sc3c(C#N)cc(C#N)cc3C#N)n2)cc1. The van der Waals surface area contributed by atoms with Gasteiger partial charge < -0.3 is 11.1 Å². The number of nitrogen functional groups attached to an aromatic ring is 1. The number of nitrogens with one attached hydrogen (secondary N) is 1. The summed E-state index contributed by atoms with van der Waals surface area (Å²) < 4.78 is 0.412. The van der Waals surface area contributed by atoms with Crippen LogP contribution in [0.4, 0.5) is 17.5 Å². The third-order valence-electron chi connectivity index (χ3n) is 3.77. The molecule has 1 heterocycles. The highest BCUT2D eigenvalue weighted by molar-refractivity contribution is 9.10. The number of anilines is 3. The fourth-order valence-corrected chi connectivity index (χ4v) is 3.76. The van der Waals surface area contributed by atoms with Gasteiger partial charge in [-0.25, -0.2) is 4.98 Å². The van der Waals surface area contributed by atoms with E-state index in [9.17, 15) is 10.5 Å². The van der Waals surface area contributed by atoms with E-state index in [0.717, 1.165) is 11.8 Å². The zero-order valence-corrected chi connectivity index (χ0v) is 17.4. The van der Waals surface area contributed by atoms with Crippen LogP contribution < -0.4 is 11.1 Å². The average molecular weight is 473 g/mol. The maximum absolute atomic E-state index is 9.47. The van der Waals surface area contributed by atoms with E-state index in [1.807, 2.05) is 24.3 Å². The van der Waals surface area contributed by atoms with Crippen molar-refractivity contribution in [3.63, 3.8) is 0 Å². The first-order chi connectivity index (χ1) is 14.5. The first-order valence-corrected chi connectivity index (χ1v) is 9.76. The summed E-state index contributed by atoms with van der Waals surface area (Å²) in [7, 11) is 0. The van der Waals surface area contributed by atoms with Gasteiger partial charge in [-0.2, -0.15) is 26.0 Å². The fraction of sp³-hybridized carbons (Fsp3) is 0. The number of benzene rings is 2. The molecule has 0 fully saturated rings. The quantitative estimate of drug-likeness (QED) is 0.529. The van der Waals surface area contributed by atoms with Crippen LogP contribution in [0.3, 0.4) is 0 Å². The number of nitriles is 4. The third kappa shape index (κ3) is 4.32. The molecule has 0 amide bonds. The lowest BCUT2D eigenvalue weighted by molar-refractivity contribution is 1.04. The maximum Gasteiger partial charge on any atom is 0.230 e. The lowest BCUT2D eigenvalue weighted by Gasteiger charge is -2.12. The zero-order chi connectivity index (χ0) is 21.7. The number of nitrogens with two attached hydrogens (primary N) is 1. The number of rotatable bonds is 4. The lowest BCUT2D eigenvalue weighted by Crippen LogP contribution is -2.03. The molecule has 0 saturated heterocycles. The Morgan fingerprint density at radius 1 is 0.867 bits per heavy atom. The molecule has 0 aliphatic heterocycles. The molecule has 3 rings (SSSR count). The molecule has 10 heteroatoms. The van der Waals surface area contributed by atoms with Gasteiger partial charge in [-0.1, -0.05) is 11.8 Å². The first kappa shape index (κ1) is 20.6. The number of hydrogen-bond acceptors (Lipinski definition) is 9. The van der Waals surface area contributed by atoms with Gasteiger partial charge in [0.25, 0.3) is 0 Å². The Hall–Kier alpha value is -4.09. The number of aromatic nitrogens is 2. The summed E-state index contributed by atoms with van der Waals surface area (Å²) in [6.45, 7) is 0. The van der Waals surface area contributed by atoms with E-state index in [0.29, 0.717) is 25.6 Å². The molecular weight excluding hydrogens is 464 g/mol. The Morgan fingerprint density at radius 2 is 1.47 bits per heavy atom. The van der Waals surface area contributed by atoms with E-state index in [1.165, 1.54) is 12.1 Å². The van der Waals surface area contributed by atoms with E-state index in [4.69, 9.17) is 16.3 Å². The Balaban J connectivity index is 2.02. The van der Waals surface area contributed by atoms with Crippen LogP contribution in [0.15, 0.2) is 50.8 Å². The van der Waals surface area contributed by atoms with Gasteiger partial charge in [0, 0.05) is 10.6 Å². The largest absolute Gasteiger partial charge is 0.383 e. The van der Waals surface area contributed by atoms with E-state index in [2.05, 4.69) is 31.2 Å². The highest BCUT2D eigenvalue weighted by Gasteiger charge is 2.18. The molecule has 0 saturated carbocycles. The zero-order valence-electron chi connectivity index (χ0n) is 15.0. The van der Waals surface area contributed by atoms with E-state index >= 15 is 0 Å². The summed E-state index contributed by atoms with van der Waals surface area (Å²) in [4.78, 5) is 8.97. The second kappa shape index (κ2) is 8.94. The molecule has 2 aromatic carbocycles. The summed E-state index contributed by atoms with van der Waals surface area (Å²) in [5.41, 5.74) is 7.75. The molecule has 142 valence electrons. The van der Waals surface area contributed by atoms with Crippen molar-refractivity contribution < 1.29 is 0 Å². The number of nitrogens with zero attached hydrogens (tertiary/aromatic N) is 6. The van der Waals surface area contributed by atoms with Gasteiger partial charge in [-0.05, 0) is 52.3 Å². The van der Waals surface area contributed by atoms with E-state index < -0.39 is 0 Å². The third-order valence-corrected chi connectivity index (χ3v) is 5.95. The summed E-state index contributed by atoms with van der Waals surface area (Å²) in [6.07, 6.45) is 0. The summed E-state index contributed by atoms with van der Waals surface area (Å²) >= 11 is 4.41. The van der Waals surface area contributed by atoms with Crippen LogP contribution in [0.1, 0.15) is 22.3 Å². The average Bonchev–Trinajstić information content (AvgIpc) is 2.77. The maximum atomic E-state index is 9.47. The second-order valence-corrected chi connectivity index (χ2v) is 7.50. The fourth-order valence-electron chi connectivity index (χ4n) is 2.39. The number of halogens is 1. The second-order valence-electron chi connectivity index (χ2n) is 5.70. The Kier molecular flexibility index (Phi) is 6.15. The molecule has 30 heavy (non-hydrogen) atoms. The molecule has 0 unspecified atom stereocenters. The number of hydrogen-bond donors (Lipinski definition) is 2. The molecule has 0 aliphatic rings. The molecule has 3 aromatic rings. The van der Waals surface area contributed by atoms with Crippen molar-refractivity contribution in [2.24, 2.45) is 0 Å². The summed E-state index contributed by atoms with van der Waals surface area (Å²) in [6, 6.07) is 17.5. The van der Waals surface area contributed by atoms with Crippen LogP contribution in [0, 0.1) is 45.3 Å². The molecule has 0 spiro atoms. The van der Waals surface area contributed by atoms with Crippen molar-refractivity contribution in [3.8, 4) is 24.3 Å². The molecule has 1 aromatic heterocycles. The van der Waals surface area contributed by atoms with Crippen molar-refractivity contribution in [2.75, 3.05) is 11.1 Å². The smallest absolute Gasteiger partial charge is 0.230 e. The van der Waals surface area contributed by atoms with Gasteiger partial charge in [0.2, 0.25) is 5.95 Å².